The summed E-state index contributed by atoms with van der Waals surface area (Å²) >= 11 is 0. The fourth-order valence-corrected chi connectivity index (χ4v) is 8.53. The highest BCUT2D eigenvalue weighted by atomic mass is 15.1. The van der Waals surface area contributed by atoms with Crippen molar-refractivity contribution in [2.75, 3.05) is 4.90 Å². The zero-order valence-corrected chi connectivity index (χ0v) is 24.9. The normalized spacial score (nSPS) is 12.7. The molecule has 0 unspecified atom stereocenters. The molecule has 0 radical (unpaired) electrons. The molecule has 0 N–H and O–H groups in total. The highest BCUT2D eigenvalue weighted by molar-refractivity contribution is 7.00. The Kier molecular flexibility index (Phi) is 4.66. The van der Waals surface area contributed by atoms with Gasteiger partial charge in [0.15, 0.2) is 0 Å². The van der Waals surface area contributed by atoms with Crippen molar-refractivity contribution in [2.24, 2.45) is 0 Å². The molecule has 7 aromatic carbocycles. The van der Waals surface area contributed by atoms with Crippen LogP contribution in [0, 0.1) is 0 Å². The zero-order chi connectivity index (χ0) is 29.9. The van der Waals surface area contributed by atoms with Gasteiger partial charge in [-0.05, 0) is 77.1 Å². The molecule has 46 heavy (non-hydrogen) atoms. The molecule has 0 fully saturated rings. The molecule has 3 nitrogen and oxygen atoms in total. The van der Waals surface area contributed by atoms with Crippen molar-refractivity contribution in [2.45, 2.75) is 0 Å². The lowest BCUT2D eigenvalue weighted by molar-refractivity contribution is 1.16. The van der Waals surface area contributed by atoms with Gasteiger partial charge < -0.3 is 14.0 Å². The summed E-state index contributed by atoms with van der Waals surface area (Å²) in [7, 11) is 0. The Bertz CT molecular complexity index is 2660. The number of hydrogen-bond acceptors (Lipinski definition) is 1. The molecule has 0 amide bonds. The Morgan fingerprint density at radius 1 is 0.391 bits per heavy atom. The van der Waals surface area contributed by atoms with Crippen molar-refractivity contribution in [3.8, 4) is 11.4 Å². The lowest BCUT2D eigenvalue weighted by atomic mass is 9.34. The van der Waals surface area contributed by atoms with Gasteiger partial charge in [-0.3, -0.25) is 0 Å². The first-order valence-electron chi connectivity index (χ1n) is 16.0. The summed E-state index contributed by atoms with van der Waals surface area (Å²) in [5, 5.41) is 5.18. The van der Waals surface area contributed by atoms with Gasteiger partial charge in [0.1, 0.15) is 0 Å². The van der Waals surface area contributed by atoms with E-state index in [1.165, 1.54) is 77.1 Å². The molecule has 2 aliphatic heterocycles. The lowest BCUT2D eigenvalue weighted by Gasteiger charge is -2.34. The predicted molar refractivity (Wildman–Crippen MR) is 194 cm³/mol. The van der Waals surface area contributed by atoms with Crippen LogP contribution in [0.15, 0.2) is 158 Å². The second-order valence-corrected chi connectivity index (χ2v) is 12.5. The van der Waals surface area contributed by atoms with Crippen molar-refractivity contribution < 1.29 is 0 Å². The van der Waals surface area contributed by atoms with Crippen LogP contribution in [0.1, 0.15) is 0 Å². The van der Waals surface area contributed by atoms with Crippen molar-refractivity contribution in [1.29, 1.82) is 0 Å². The van der Waals surface area contributed by atoms with E-state index in [0.717, 1.165) is 11.4 Å². The monoisotopic (exact) mass is 583 g/mol. The molecule has 4 heteroatoms. The minimum absolute atomic E-state index is 0.0966. The van der Waals surface area contributed by atoms with E-state index in [0.29, 0.717) is 0 Å². The highest BCUT2D eigenvalue weighted by Gasteiger charge is 2.41. The molecular formula is C42H26BN3. The van der Waals surface area contributed by atoms with Gasteiger partial charge in [-0.25, -0.2) is 0 Å². The first-order chi connectivity index (χ1) is 22.9. The second-order valence-electron chi connectivity index (χ2n) is 12.5. The standard InChI is InChI=1S/C42H26BN3/c1-3-13-27(14-4-1)44(28-15-5-2-6-16-28)29-25-33-31-18-8-11-21-37(31)46-39-24-23-32-30-17-7-10-20-36(30)45-38-22-12-9-19-34(38)43(40(39)42(32)45)35(26-29)41(33)46/h1-26H. The largest absolute Gasteiger partial charge is 0.311 e. The summed E-state index contributed by atoms with van der Waals surface area (Å²) in [6.45, 7) is 0.0966. The van der Waals surface area contributed by atoms with Gasteiger partial charge in [-0.1, -0.05) is 97.1 Å². The Morgan fingerprint density at radius 2 is 0.978 bits per heavy atom. The molecule has 0 saturated heterocycles. The summed E-state index contributed by atoms with van der Waals surface area (Å²) in [4.78, 5) is 2.41. The quantitative estimate of drug-likeness (QED) is 0.190. The first kappa shape index (κ1) is 24.3. The maximum Gasteiger partial charge on any atom is 0.252 e. The van der Waals surface area contributed by atoms with Crippen LogP contribution in [0.4, 0.5) is 17.1 Å². The summed E-state index contributed by atoms with van der Waals surface area (Å²) in [5.74, 6) is 0. The number of aromatic nitrogens is 2. The summed E-state index contributed by atoms with van der Waals surface area (Å²) in [5.41, 5.74) is 15.3. The van der Waals surface area contributed by atoms with Gasteiger partial charge >= 0.3 is 0 Å². The molecule has 0 atom stereocenters. The Labute approximate surface area is 266 Å². The number of nitrogens with zero attached hydrogens (tertiary/aromatic N) is 3. The van der Waals surface area contributed by atoms with E-state index in [1.807, 2.05) is 0 Å². The molecule has 2 aromatic heterocycles. The number of rotatable bonds is 3. The van der Waals surface area contributed by atoms with Crippen LogP contribution in [0.2, 0.25) is 0 Å². The van der Waals surface area contributed by atoms with E-state index in [2.05, 4.69) is 172 Å². The van der Waals surface area contributed by atoms with Gasteiger partial charge in [0.25, 0.3) is 6.71 Å². The number of fused-ring (bicyclic) bond motifs is 11. The first-order valence-corrected chi connectivity index (χ1v) is 16.0. The van der Waals surface area contributed by atoms with Gasteiger partial charge in [-0.15, -0.1) is 0 Å². The predicted octanol–water partition coefficient (Wildman–Crippen LogP) is 8.49. The van der Waals surface area contributed by atoms with Crippen LogP contribution in [-0.4, -0.2) is 15.8 Å². The van der Waals surface area contributed by atoms with Crippen LogP contribution in [0.5, 0.6) is 0 Å². The van der Waals surface area contributed by atoms with E-state index >= 15 is 0 Å². The molecule has 11 rings (SSSR count). The maximum absolute atomic E-state index is 2.54. The van der Waals surface area contributed by atoms with Crippen LogP contribution in [0.3, 0.4) is 0 Å². The van der Waals surface area contributed by atoms with Gasteiger partial charge in [0.05, 0.1) is 16.6 Å². The topological polar surface area (TPSA) is 13.1 Å². The Hall–Kier alpha value is -6.00. The zero-order valence-electron chi connectivity index (χ0n) is 24.9. The van der Waals surface area contributed by atoms with Crippen molar-refractivity contribution in [3.05, 3.63) is 158 Å². The number of para-hydroxylation sites is 5. The van der Waals surface area contributed by atoms with E-state index in [9.17, 15) is 0 Å². The van der Waals surface area contributed by atoms with E-state index in [1.54, 1.807) is 0 Å². The van der Waals surface area contributed by atoms with E-state index in [-0.39, 0.29) is 6.71 Å². The second kappa shape index (κ2) is 8.80. The van der Waals surface area contributed by atoms with Crippen molar-refractivity contribution >= 4 is 83.8 Å². The molecule has 9 aromatic rings. The number of hydrogen-bond donors (Lipinski definition) is 0. The van der Waals surface area contributed by atoms with Crippen molar-refractivity contribution in [1.82, 2.24) is 9.13 Å². The lowest BCUT2D eigenvalue weighted by Crippen LogP contribution is -2.59. The van der Waals surface area contributed by atoms with Crippen LogP contribution in [0.25, 0.3) is 55.0 Å². The smallest absolute Gasteiger partial charge is 0.252 e. The third-order valence-electron chi connectivity index (χ3n) is 10.3. The minimum Gasteiger partial charge on any atom is -0.311 e. The van der Waals surface area contributed by atoms with Crippen LogP contribution >= 0.6 is 0 Å². The van der Waals surface area contributed by atoms with Crippen molar-refractivity contribution in [3.63, 3.8) is 0 Å². The molecule has 4 heterocycles. The summed E-state index contributed by atoms with van der Waals surface area (Å²) in [6.07, 6.45) is 0. The van der Waals surface area contributed by atoms with Gasteiger partial charge in [-0.2, -0.15) is 0 Å². The molecule has 2 aliphatic rings. The fourth-order valence-electron chi connectivity index (χ4n) is 8.53. The number of anilines is 3. The van der Waals surface area contributed by atoms with Crippen LogP contribution < -0.4 is 21.3 Å². The molecule has 0 spiro atoms. The summed E-state index contributed by atoms with van der Waals surface area (Å²) < 4.78 is 5.06. The molecule has 212 valence electrons. The van der Waals surface area contributed by atoms with Crippen LogP contribution in [-0.2, 0) is 0 Å². The average Bonchev–Trinajstić information content (AvgIpc) is 3.64. The minimum atomic E-state index is 0.0966. The fraction of sp³-hybridized carbons (Fsp3) is 0. The Balaban J connectivity index is 1.33. The van der Waals surface area contributed by atoms with Gasteiger partial charge in [0, 0.05) is 55.5 Å². The summed E-state index contributed by atoms with van der Waals surface area (Å²) in [6, 6.07) is 58.0. The molecule has 0 bridgehead atoms. The molecule has 0 aliphatic carbocycles. The van der Waals surface area contributed by atoms with E-state index < -0.39 is 0 Å². The van der Waals surface area contributed by atoms with Gasteiger partial charge in [0.2, 0.25) is 0 Å². The highest BCUT2D eigenvalue weighted by Crippen LogP contribution is 2.42. The average molecular weight is 584 g/mol. The number of benzene rings is 7. The Morgan fingerprint density at radius 3 is 1.70 bits per heavy atom. The van der Waals surface area contributed by atoms with E-state index in [4.69, 9.17) is 0 Å². The molecular weight excluding hydrogens is 557 g/mol. The SMILES string of the molecule is c1ccc(N(c2ccccc2)c2cc3c4c(c2)c2ccccc2n4-c2ccc4c5ccccc5n5c4c2B3c2ccccc2-5)cc1. The third-order valence-corrected chi connectivity index (χ3v) is 10.3. The maximum atomic E-state index is 2.54. The molecule has 0 saturated carbocycles. The third kappa shape index (κ3) is 2.99.